The molecule has 1 aromatic carbocycles. The second-order valence-corrected chi connectivity index (χ2v) is 6.13. The van der Waals surface area contributed by atoms with Crippen LogP contribution in [0.15, 0.2) is 24.3 Å². The zero-order valence-corrected chi connectivity index (χ0v) is 12.7. The van der Waals surface area contributed by atoms with Gasteiger partial charge in [0, 0.05) is 24.2 Å². The Labute approximate surface area is 133 Å². The van der Waals surface area contributed by atoms with Crippen molar-refractivity contribution in [1.29, 1.82) is 0 Å². The third kappa shape index (κ3) is 2.95. The van der Waals surface area contributed by atoms with Gasteiger partial charge >= 0.3 is 0 Å². The topological polar surface area (TPSA) is 81.7 Å². The van der Waals surface area contributed by atoms with E-state index in [2.05, 4.69) is 10.6 Å². The molecule has 0 aliphatic carbocycles. The van der Waals surface area contributed by atoms with Gasteiger partial charge in [0.1, 0.15) is 12.1 Å². The Morgan fingerprint density at radius 3 is 2.95 bits per heavy atom. The molecule has 2 aliphatic heterocycles. The second-order valence-electron chi connectivity index (χ2n) is 5.69. The van der Waals surface area contributed by atoms with Crippen molar-refractivity contribution in [1.82, 2.24) is 15.5 Å². The standard InChI is InChI=1S/C15H18ClN3O3/c16-10-3-1-2-9(4-10)6-17-11-5-13-14(21)18-12(8-20)15(22)19(13)7-11/h1-4,11-13,17,20H,5-8H2,(H,18,21)/t11-,12-,13-/m0/s1. The first-order chi connectivity index (χ1) is 10.6. The van der Waals surface area contributed by atoms with Crippen molar-refractivity contribution in [3.8, 4) is 0 Å². The van der Waals surface area contributed by atoms with Gasteiger partial charge in [-0.05, 0) is 24.1 Å². The molecule has 0 unspecified atom stereocenters. The number of nitrogens with zero attached hydrogens (tertiary/aromatic N) is 1. The van der Waals surface area contributed by atoms with E-state index in [1.54, 1.807) is 4.90 Å². The minimum Gasteiger partial charge on any atom is -0.394 e. The number of hydrogen-bond donors (Lipinski definition) is 3. The second kappa shape index (κ2) is 6.24. The van der Waals surface area contributed by atoms with Crippen LogP contribution in [0.3, 0.4) is 0 Å². The highest BCUT2D eigenvalue weighted by Gasteiger charge is 2.45. The Morgan fingerprint density at radius 1 is 1.41 bits per heavy atom. The molecule has 7 heteroatoms. The molecule has 6 nitrogen and oxygen atoms in total. The first kappa shape index (κ1) is 15.3. The largest absolute Gasteiger partial charge is 0.394 e. The molecule has 2 aliphatic rings. The summed E-state index contributed by atoms with van der Waals surface area (Å²) >= 11 is 5.95. The van der Waals surface area contributed by atoms with Gasteiger partial charge in [-0.15, -0.1) is 0 Å². The summed E-state index contributed by atoms with van der Waals surface area (Å²) < 4.78 is 0. The molecule has 0 bridgehead atoms. The van der Waals surface area contributed by atoms with Gasteiger partial charge in [0.25, 0.3) is 0 Å². The van der Waals surface area contributed by atoms with Crippen LogP contribution in [0.25, 0.3) is 0 Å². The number of benzene rings is 1. The highest BCUT2D eigenvalue weighted by molar-refractivity contribution is 6.30. The molecule has 0 aromatic heterocycles. The van der Waals surface area contributed by atoms with Gasteiger partial charge in [-0.3, -0.25) is 9.59 Å². The predicted octanol–water partition coefficient (Wildman–Crippen LogP) is -0.110. The fourth-order valence-corrected chi connectivity index (χ4v) is 3.25. The molecule has 3 rings (SSSR count). The number of piperazine rings is 1. The van der Waals surface area contributed by atoms with Crippen molar-refractivity contribution < 1.29 is 14.7 Å². The maximum absolute atomic E-state index is 12.2. The monoisotopic (exact) mass is 323 g/mol. The Kier molecular flexibility index (Phi) is 4.33. The molecule has 3 N–H and O–H groups in total. The number of amides is 2. The molecule has 118 valence electrons. The quantitative estimate of drug-likeness (QED) is 0.722. The number of fused-ring (bicyclic) bond motifs is 1. The number of rotatable bonds is 4. The predicted molar refractivity (Wildman–Crippen MR) is 81.2 cm³/mol. The molecule has 22 heavy (non-hydrogen) atoms. The average Bonchev–Trinajstić information content (AvgIpc) is 2.94. The van der Waals surface area contributed by atoms with E-state index in [0.717, 1.165) is 5.56 Å². The summed E-state index contributed by atoms with van der Waals surface area (Å²) in [5, 5.41) is 15.8. The van der Waals surface area contributed by atoms with Crippen molar-refractivity contribution >= 4 is 23.4 Å². The van der Waals surface area contributed by atoms with Crippen LogP contribution in [0.1, 0.15) is 12.0 Å². The number of carbonyl (C=O) groups is 2. The molecule has 2 amide bonds. The van der Waals surface area contributed by atoms with Crippen LogP contribution in [0.5, 0.6) is 0 Å². The van der Waals surface area contributed by atoms with E-state index in [1.165, 1.54) is 0 Å². The van der Waals surface area contributed by atoms with Gasteiger partial charge in [0.2, 0.25) is 11.8 Å². The van der Waals surface area contributed by atoms with Gasteiger partial charge < -0.3 is 20.6 Å². The zero-order chi connectivity index (χ0) is 15.7. The third-order valence-electron chi connectivity index (χ3n) is 4.17. The Hall–Kier alpha value is -1.63. The SMILES string of the molecule is O=C1N[C@@H](CO)C(=O)N2C[C@@H](NCc3cccc(Cl)c3)C[C@@H]12. The summed E-state index contributed by atoms with van der Waals surface area (Å²) in [6.07, 6.45) is 0.580. The molecule has 2 fully saturated rings. The van der Waals surface area contributed by atoms with Crippen LogP contribution in [0.2, 0.25) is 5.02 Å². The van der Waals surface area contributed by atoms with Crippen LogP contribution in [0, 0.1) is 0 Å². The lowest BCUT2D eigenvalue weighted by atomic mass is 10.1. The number of aliphatic hydroxyl groups is 1. The lowest BCUT2D eigenvalue weighted by Crippen LogP contribution is -2.62. The smallest absolute Gasteiger partial charge is 0.248 e. The van der Waals surface area contributed by atoms with E-state index in [0.29, 0.717) is 24.5 Å². The number of aliphatic hydroxyl groups excluding tert-OH is 1. The van der Waals surface area contributed by atoms with E-state index in [1.807, 2.05) is 24.3 Å². The fourth-order valence-electron chi connectivity index (χ4n) is 3.04. The molecule has 0 saturated carbocycles. The van der Waals surface area contributed by atoms with E-state index in [9.17, 15) is 9.59 Å². The molecular formula is C15H18ClN3O3. The lowest BCUT2D eigenvalue weighted by molar-refractivity contribution is -0.148. The van der Waals surface area contributed by atoms with E-state index < -0.39 is 12.1 Å². The van der Waals surface area contributed by atoms with E-state index >= 15 is 0 Å². The van der Waals surface area contributed by atoms with Crippen LogP contribution >= 0.6 is 11.6 Å². The molecule has 3 atom stereocenters. The molecule has 0 spiro atoms. The van der Waals surface area contributed by atoms with Gasteiger partial charge in [-0.2, -0.15) is 0 Å². The van der Waals surface area contributed by atoms with Crippen molar-refractivity contribution in [3.63, 3.8) is 0 Å². The molecule has 2 heterocycles. The number of hydrogen-bond acceptors (Lipinski definition) is 4. The van der Waals surface area contributed by atoms with Crippen molar-refractivity contribution in [2.45, 2.75) is 31.1 Å². The first-order valence-corrected chi connectivity index (χ1v) is 7.66. The average molecular weight is 324 g/mol. The van der Waals surface area contributed by atoms with Crippen LogP contribution in [-0.2, 0) is 16.1 Å². The van der Waals surface area contributed by atoms with Crippen LogP contribution in [0.4, 0.5) is 0 Å². The summed E-state index contributed by atoms with van der Waals surface area (Å²) in [6.45, 7) is 0.743. The highest BCUT2D eigenvalue weighted by atomic mass is 35.5. The first-order valence-electron chi connectivity index (χ1n) is 7.28. The summed E-state index contributed by atoms with van der Waals surface area (Å²) in [7, 11) is 0. The fraction of sp³-hybridized carbons (Fsp3) is 0.467. The summed E-state index contributed by atoms with van der Waals surface area (Å²) in [5.74, 6) is -0.398. The lowest BCUT2D eigenvalue weighted by Gasteiger charge is -2.33. The molecule has 1 aromatic rings. The van der Waals surface area contributed by atoms with Gasteiger partial charge in [-0.1, -0.05) is 23.7 Å². The van der Waals surface area contributed by atoms with Gasteiger partial charge in [0.05, 0.1) is 6.61 Å². The maximum Gasteiger partial charge on any atom is 0.248 e. The summed E-state index contributed by atoms with van der Waals surface area (Å²) in [5.41, 5.74) is 1.06. The normalized spacial score (nSPS) is 27.7. The van der Waals surface area contributed by atoms with Crippen molar-refractivity contribution in [2.24, 2.45) is 0 Å². The minimum absolute atomic E-state index is 0.0520. The minimum atomic E-state index is -0.810. The van der Waals surface area contributed by atoms with Gasteiger partial charge in [-0.25, -0.2) is 0 Å². The maximum atomic E-state index is 12.2. The van der Waals surface area contributed by atoms with Crippen molar-refractivity contribution in [3.05, 3.63) is 34.9 Å². The number of nitrogens with one attached hydrogen (secondary N) is 2. The van der Waals surface area contributed by atoms with E-state index in [-0.39, 0.29) is 24.5 Å². The Balaban J connectivity index is 1.62. The highest BCUT2D eigenvalue weighted by Crippen LogP contribution is 2.23. The molecule has 0 radical (unpaired) electrons. The van der Waals surface area contributed by atoms with Gasteiger partial charge in [0.15, 0.2) is 0 Å². The Bertz CT molecular complexity index is 595. The van der Waals surface area contributed by atoms with Crippen LogP contribution in [-0.4, -0.2) is 53.1 Å². The zero-order valence-electron chi connectivity index (χ0n) is 12.0. The van der Waals surface area contributed by atoms with E-state index in [4.69, 9.17) is 16.7 Å². The summed E-state index contributed by atoms with van der Waals surface area (Å²) in [6, 6.07) is 6.37. The molecular weight excluding hydrogens is 306 g/mol. The number of carbonyl (C=O) groups excluding carboxylic acids is 2. The third-order valence-corrected chi connectivity index (χ3v) is 4.40. The number of halogens is 1. The molecule has 2 saturated heterocycles. The summed E-state index contributed by atoms with van der Waals surface area (Å²) in [4.78, 5) is 25.7. The van der Waals surface area contributed by atoms with Crippen LogP contribution < -0.4 is 10.6 Å². The van der Waals surface area contributed by atoms with Crippen molar-refractivity contribution in [2.75, 3.05) is 13.2 Å². The Morgan fingerprint density at radius 2 is 2.23 bits per heavy atom.